The molecular weight excluding hydrogens is 273 g/mol. The third-order valence-electron chi connectivity index (χ3n) is 1.94. The summed E-state index contributed by atoms with van der Waals surface area (Å²) < 4.78 is 22.4. The zero-order chi connectivity index (χ0) is 11.9. The van der Waals surface area contributed by atoms with E-state index >= 15 is 0 Å². The van der Waals surface area contributed by atoms with Gasteiger partial charge in [0.15, 0.2) is 0 Å². The summed E-state index contributed by atoms with van der Waals surface area (Å²) in [7, 11) is 1.23. The molecule has 0 amide bonds. The Morgan fingerprint density at radius 3 is 2.69 bits per heavy atom. The zero-order valence-electron chi connectivity index (χ0n) is 7.53. The highest BCUT2D eigenvalue weighted by atomic mass is 35.7. The summed E-state index contributed by atoms with van der Waals surface area (Å²) in [5, 5.41) is 8.92. The van der Waals surface area contributed by atoms with Crippen LogP contribution in [0.2, 0.25) is 5.28 Å². The van der Waals surface area contributed by atoms with Crippen molar-refractivity contribution in [3.8, 4) is 6.07 Å². The number of rotatable bonds is 1. The summed E-state index contributed by atoms with van der Waals surface area (Å²) in [6, 6.07) is 4.29. The van der Waals surface area contributed by atoms with Crippen LogP contribution < -0.4 is 0 Å². The summed E-state index contributed by atoms with van der Waals surface area (Å²) in [6.07, 6.45) is 0. The number of nitriles is 1. The Kier molecular flexibility index (Phi) is 2.54. The fraction of sp³-hybridized carbons (Fsp3) is 0. The molecule has 0 unspecified atom stereocenters. The zero-order valence-corrected chi connectivity index (χ0v) is 9.86. The highest BCUT2D eigenvalue weighted by molar-refractivity contribution is 8.13. The van der Waals surface area contributed by atoms with E-state index in [1.54, 1.807) is 6.07 Å². The number of hydrogen-bond acceptors (Lipinski definition) is 4. The SMILES string of the molecule is N#Cc1cc2nc(Cl)[nH]c2cc1S(=O)(=O)Cl. The van der Waals surface area contributed by atoms with Gasteiger partial charge in [0.05, 0.1) is 16.6 Å². The number of aromatic amines is 1. The van der Waals surface area contributed by atoms with Crippen molar-refractivity contribution >= 4 is 42.4 Å². The van der Waals surface area contributed by atoms with Gasteiger partial charge in [0, 0.05) is 10.7 Å². The Bertz CT molecular complexity index is 715. The Balaban J connectivity index is 2.89. The molecule has 0 aliphatic carbocycles. The maximum Gasteiger partial charge on any atom is 0.262 e. The van der Waals surface area contributed by atoms with E-state index < -0.39 is 9.05 Å². The average molecular weight is 276 g/mol. The number of halogens is 2. The molecule has 0 radical (unpaired) electrons. The van der Waals surface area contributed by atoms with Crippen molar-refractivity contribution in [2.24, 2.45) is 0 Å². The smallest absolute Gasteiger partial charge is 0.262 e. The topological polar surface area (TPSA) is 86.6 Å². The first-order valence-corrected chi connectivity index (χ1v) is 6.64. The monoisotopic (exact) mass is 275 g/mol. The summed E-state index contributed by atoms with van der Waals surface area (Å²) in [4.78, 5) is 6.25. The van der Waals surface area contributed by atoms with Gasteiger partial charge in [-0.1, -0.05) is 0 Å². The Morgan fingerprint density at radius 2 is 2.12 bits per heavy atom. The van der Waals surface area contributed by atoms with Crippen molar-refractivity contribution in [3.63, 3.8) is 0 Å². The predicted molar refractivity (Wildman–Crippen MR) is 58.9 cm³/mol. The molecule has 2 aromatic rings. The van der Waals surface area contributed by atoms with Gasteiger partial charge in [-0.2, -0.15) is 5.26 Å². The van der Waals surface area contributed by atoms with Crippen LogP contribution in [0, 0.1) is 11.3 Å². The lowest BCUT2D eigenvalue weighted by molar-refractivity contribution is 0.609. The molecular formula is C8H3Cl2N3O2S. The standard InChI is InChI=1S/C8H3Cl2N3O2S/c9-8-12-5-1-4(3-11)7(16(10,14)15)2-6(5)13-8/h1-2H,(H,12,13). The van der Waals surface area contributed by atoms with Gasteiger partial charge < -0.3 is 4.98 Å². The Hall–Kier alpha value is -1.29. The summed E-state index contributed by atoms with van der Waals surface area (Å²) in [6.45, 7) is 0. The van der Waals surface area contributed by atoms with Crippen molar-refractivity contribution < 1.29 is 8.42 Å². The number of H-pyrrole nitrogens is 1. The van der Waals surface area contributed by atoms with E-state index in [9.17, 15) is 8.42 Å². The number of aromatic nitrogens is 2. The van der Waals surface area contributed by atoms with E-state index in [4.69, 9.17) is 27.5 Å². The van der Waals surface area contributed by atoms with Crippen LogP contribution in [0.5, 0.6) is 0 Å². The van der Waals surface area contributed by atoms with Gasteiger partial charge in [0.25, 0.3) is 9.05 Å². The van der Waals surface area contributed by atoms with Gasteiger partial charge in [0.1, 0.15) is 11.0 Å². The minimum absolute atomic E-state index is 0.0642. The molecule has 82 valence electrons. The lowest BCUT2D eigenvalue weighted by Gasteiger charge is -1.98. The lowest BCUT2D eigenvalue weighted by atomic mass is 10.2. The molecule has 1 aromatic carbocycles. The number of fused-ring (bicyclic) bond motifs is 1. The van der Waals surface area contributed by atoms with Gasteiger partial charge in [-0.15, -0.1) is 0 Å². The molecule has 0 saturated heterocycles. The molecule has 16 heavy (non-hydrogen) atoms. The third kappa shape index (κ3) is 1.85. The van der Waals surface area contributed by atoms with E-state index in [0.29, 0.717) is 11.0 Å². The minimum Gasteiger partial charge on any atom is -0.329 e. The maximum absolute atomic E-state index is 11.2. The van der Waals surface area contributed by atoms with Crippen molar-refractivity contribution in [3.05, 3.63) is 23.0 Å². The van der Waals surface area contributed by atoms with Gasteiger partial charge in [-0.05, 0) is 23.7 Å². The first-order valence-electron chi connectivity index (χ1n) is 3.96. The molecule has 2 rings (SSSR count). The number of benzene rings is 1. The molecule has 0 spiro atoms. The van der Waals surface area contributed by atoms with Crippen molar-refractivity contribution in [1.29, 1.82) is 5.26 Å². The van der Waals surface area contributed by atoms with Crippen LogP contribution in [0.25, 0.3) is 11.0 Å². The van der Waals surface area contributed by atoms with Gasteiger partial charge in [0.2, 0.25) is 5.28 Å². The van der Waals surface area contributed by atoms with E-state index in [1.165, 1.54) is 12.1 Å². The predicted octanol–water partition coefficient (Wildman–Crippen LogP) is 2.02. The van der Waals surface area contributed by atoms with Crippen LogP contribution in [0.1, 0.15) is 5.56 Å². The molecule has 1 N–H and O–H groups in total. The van der Waals surface area contributed by atoms with Crippen LogP contribution in [0.3, 0.4) is 0 Å². The quantitative estimate of drug-likeness (QED) is 0.807. The van der Waals surface area contributed by atoms with Gasteiger partial charge in [-0.25, -0.2) is 13.4 Å². The summed E-state index contributed by atoms with van der Waals surface area (Å²) >= 11 is 5.61. The van der Waals surface area contributed by atoms with Gasteiger partial charge >= 0.3 is 0 Å². The van der Waals surface area contributed by atoms with Crippen LogP contribution in [0.15, 0.2) is 17.0 Å². The second-order valence-electron chi connectivity index (χ2n) is 2.94. The second kappa shape index (κ2) is 3.63. The summed E-state index contributed by atoms with van der Waals surface area (Å²) in [5.41, 5.74) is 0.750. The lowest BCUT2D eigenvalue weighted by Crippen LogP contribution is -1.95. The van der Waals surface area contributed by atoms with Crippen LogP contribution in [-0.4, -0.2) is 18.4 Å². The Labute approximate surface area is 100 Å². The average Bonchev–Trinajstić information content (AvgIpc) is 2.53. The first-order chi connectivity index (χ1) is 7.41. The Morgan fingerprint density at radius 1 is 1.44 bits per heavy atom. The molecule has 0 bridgehead atoms. The van der Waals surface area contributed by atoms with E-state index in [2.05, 4.69) is 9.97 Å². The van der Waals surface area contributed by atoms with Crippen LogP contribution >= 0.6 is 22.3 Å². The molecule has 0 saturated carbocycles. The van der Waals surface area contributed by atoms with Crippen LogP contribution in [-0.2, 0) is 9.05 Å². The second-order valence-corrected chi connectivity index (χ2v) is 5.84. The van der Waals surface area contributed by atoms with Crippen LogP contribution in [0.4, 0.5) is 0 Å². The molecule has 0 fully saturated rings. The number of imidazole rings is 1. The fourth-order valence-electron chi connectivity index (χ4n) is 1.29. The number of nitrogens with zero attached hydrogens (tertiary/aromatic N) is 2. The number of hydrogen-bond donors (Lipinski definition) is 1. The van der Waals surface area contributed by atoms with E-state index in [0.717, 1.165) is 0 Å². The third-order valence-corrected chi connectivity index (χ3v) is 3.48. The largest absolute Gasteiger partial charge is 0.329 e. The maximum atomic E-state index is 11.2. The first kappa shape index (κ1) is 11.2. The van der Waals surface area contributed by atoms with Crippen molar-refractivity contribution in [1.82, 2.24) is 9.97 Å². The fourth-order valence-corrected chi connectivity index (χ4v) is 2.50. The molecule has 5 nitrogen and oxygen atoms in total. The van der Waals surface area contributed by atoms with Crippen molar-refractivity contribution in [2.75, 3.05) is 0 Å². The number of nitrogens with one attached hydrogen (secondary N) is 1. The highest BCUT2D eigenvalue weighted by Gasteiger charge is 2.18. The molecule has 1 aromatic heterocycles. The normalized spacial score (nSPS) is 11.6. The minimum atomic E-state index is -3.97. The molecule has 0 aliphatic heterocycles. The summed E-state index contributed by atoms with van der Waals surface area (Å²) in [5.74, 6) is 0. The molecule has 8 heteroatoms. The van der Waals surface area contributed by atoms with Gasteiger partial charge in [-0.3, -0.25) is 0 Å². The van der Waals surface area contributed by atoms with E-state index in [-0.39, 0.29) is 15.7 Å². The van der Waals surface area contributed by atoms with Crippen molar-refractivity contribution in [2.45, 2.75) is 4.90 Å². The molecule has 1 heterocycles. The highest BCUT2D eigenvalue weighted by Crippen LogP contribution is 2.25. The molecule has 0 aliphatic rings. The van der Waals surface area contributed by atoms with E-state index in [1.807, 2.05) is 0 Å². The molecule has 0 atom stereocenters.